The van der Waals surface area contributed by atoms with Gasteiger partial charge in [0.2, 0.25) is 5.91 Å². The fraction of sp³-hybridized carbons (Fsp3) is 0.706. The molecule has 22 heavy (non-hydrogen) atoms. The number of hydrogen-bond acceptors (Lipinski definition) is 4. The van der Waals surface area contributed by atoms with Crippen LogP contribution in [0.5, 0.6) is 0 Å². The maximum absolute atomic E-state index is 12.6. The summed E-state index contributed by atoms with van der Waals surface area (Å²) in [4.78, 5) is 26.0. The normalized spacial score (nSPS) is 23.4. The van der Waals surface area contributed by atoms with Crippen molar-refractivity contribution >= 4 is 11.7 Å². The highest BCUT2D eigenvalue weighted by Crippen LogP contribution is 2.33. The summed E-state index contributed by atoms with van der Waals surface area (Å²) in [6.07, 6.45) is 7.64. The quantitative estimate of drug-likeness (QED) is 0.858. The zero-order valence-corrected chi connectivity index (χ0v) is 13.7. The average molecular weight is 302 g/mol. The lowest BCUT2D eigenvalue weighted by Crippen LogP contribution is -2.57. The van der Waals surface area contributed by atoms with E-state index in [0.29, 0.717) is 5.92 Å². The minimum absolute atomic E-state index is 0.0833. The van der Waals surface area contributed by atoms with Crippen LogP contribution in [0.3, 0.4) is 0 Å². The SMILES string of the molecule is CC[C@H]1C(=O)N(CC)CCN1c1ccnc(C2CCCC2)n1. The molecular formula is C17H26N4O. The first-order valence-corrected chi connectivity index (χ1v) is 8.63. The Morgan fingerprint density at radius 3 is 2.68 bits per heavy atom. The van der Waals surface area contributed by atoms with E-state index in [-0.39, 0.29) is 11.9 Å². The smallest absolute Gasteiger partial charge is 0.245 e. The Bertz CT molecular complexity index is 527. The first-order valence-electron chi connectivity index (χ1n) is 8.63. The van der Waals surface area contributed by atoms with E-state index in [9.17, 15) is 4.79 Å². The molecule has 1 aliphatic heterocycles. The summed E-state index contributed by atoms with van der Waals surface area (Å²) < 4.78 is 0. The zero-order valence-electron chi connectivity index (χ0n) is 13.7. The number of rotatable bonds is 4. The molecule has 1 aliphatic carbocycles. The predicted octanol–water partition coefficient (Wildman–Crippen LogP) is 2.58. The number of nitrogens with zero attached hydrogens (tertiary/aromatic N) is 4. The molecule has 0 radical (unpaired) electrons. The lowest BCUT2D eigenvalue weighted by Gasteiger charge is -2.40. The molecule has 1 atom stereocenters. The van der Waals surface area contributed by atoms with E-state index >= 15 is 0 Å². The van der Waals surface area contributed by atoms with Gasteiger partial charge in [0, 0.05) is 31.7 Å². The molecule has 2 aliphatic rings. The molecular weight excluding hydrogens is 276 g/mol. The van der Waals surface area contributed by atoms with Crippen LogP contribution in [0.1, 0.15) is 57.7 Å². The Balaban J connectivity index is 1.83. The van der Waals surface area contributed by atoms with Gasteiger partial charge in [-0.25, -0.2) is 9.97 Å². The molecule has 1 aromatic rings. The summed E-state index contributed by atoms with van der Waals surface area (Å²) in [6, 6.07) is 1.87. The average Bonchev–Trinajstić information content (AvgIpc) is 3.09. The Hall–Kier alpha value is -1.65. The third kappa shape index (κ3) is 2.81. The number of likely N-dealkylation sites (N-methyl/N-ethyl adjacent to an activating group) is 1. The van der Waals surface area contributed by atoms with Gasteiger partial charge in [0.05, 0.1) is 0 Å². The molecule has 2 fully saturated rings. The van der Waals surface area contributed by atoms with Crippen LogP contribution in [0.2, 0.25) is 0 Å². The molecule has 5 nitrogen and oxygen atoms in total. The molecule has 1 saturated heterocycles. The Morgan fingerprint density at radius 2 is 2.00 bits per heavy atom. The van der Waals surface area contributed by atoms with E-state index < -0.39 is 0 Å². The Labute approximate surface area is 132 Å². The molecule has 1 saturated carbocycles. The highest BCUT2D eigenvalue weighted by Gasteiger charge is 2.33. The summed E-state index contributed by atoms with van der Waals surface area (Å²) in [7, 11) is 0. The maximum atomic E-state index is 12.6. The highest BCUT2D eigenvalue weighted by molar-refractivity contribution is 5.86. The van der Waals surface area contributed by atoms with Crippen LogP contribution < -0.4 is 4.90 Å². The van der Waals surface area contributed by atoms with Gasteiger partial charge in [-0.3, -0.25) is 4.79 Å². The molecule has 0 bridgehead atoms. The van der Waals surface area contributed by atoms with Crippen molar-refractivity contribution in [2.75, 3.05) is 24.5 Å². The second kappa shape index (κ2) is 6.63. The minimum Gasteiger partial charge on any atom is -0.343 e. The molecule has 5 heteroatoms. The molecule has 0 unspecified atom stereocenters. The summed E-state index contributed by atoms with van der Waals surface area (Å²) in [6.45, 7) is 6.56. The third-order valence-electron chi connectivity index (χ3n) is 5.03. The number of hydrogen-bond donors (Lipinski definition) is 0. The van der Waals surface area contributed by atoms with Crippen molar-refractivity contribution in [3.8, 4) is 0 Å². The minimum atomic E-state index is -0.0833. The fourth-order valence-corrected chi connectivity index (χ4v) is 3.73. The van der Waals surface area contributed by atoms with Gasteiger partial charge in [0.1, 0.15) is 17.7 Å². The molecule has 0 aromatic carbocycles. The van der Waals surface area contributed by atoms with Gasteiger partial charge in [-0.15, -0.1) is 0 Å². The van der Waals surface area contributed by atoms with Crippen molar-refractivity contribution in [2.24, 2.45) is 0 Å². The van der Waals surface area contributed by atoms with E-state index in [4.69, 9.17) is 4.98 Å². The molecule has 0 spiro atoms. The van der Waals surface area contributed by atoms with Crippen LogP contribution >= 0.6 is 0 Å². The van der Waals surface area contributed by atoms with Crippen LogP contribution in [-0.2, 0) is 4.79 Å². The Morgan fingerprint density at radius 1 is 1.23 bits per heavy atom. The largest absolute Gasteiger partial charge is 0.343 e. The number of aromatic nitrogens is 2. The maximum Gasteiger partial charge on any atom is 0.245 e. The van der Waals surface area contributed by atoms with Crippen LogP contribution in [0.25, 0.3) is 0 Å². The van der Waals surface area contributed by atoms with Crippen molar-refractivity contribution in [1.82, 2.24) is 14.9 Å². The van der Waals surface area contributed by atoms with Gasteiger partial charge >= 0.3 is 0 Å². The van der Waals surface area contributed by atoms with Crippen LogP contribution in [0.4, 0.5) is 5.82 Å². The van der Waals surface area contributed by atoms with Gasteiger partial charge < -0.3 is 9.80 Å². The standard InChI is InChI=1S/C17H26N4O/c1-3-14-17(22)20(4-2)11-12-21(14)15-9-10-18-16(19-15)13-7-5-6-8-13/h9-10,13-14H,3-8,11-12H2,1-2H3/t14-/m0/s1. The summed E-state index contributed by atoms with van der Waals surface area (Å²) in [5, 5.41) is 0. The first kappa shape index (κ1) is 15.3. The summed E-state index contributed by atoms with van der Waals surface area (Å²) in [5.74, 6) is 2.63. The monoisotopic (exact) mass is 302 g/mol. The van der Waals surface area contributed by atoms with Gasteiger partial charge in [0.15, 0.2) is 0 Å². The van der Waals surface area contributed by atoms with Crippen molar-refractivity contribution in [3.05, 3.63) is 18.1 Å². The van der Waals surface area contributed by atoms with Crippen molar-refractivity contribution in [3.63, 3.8) is 0 Å². The second-order valence-corrected chi connectivity index (χ2v) is 6.29. The van der Waals surface area contributed by atoms with E-state index in [1.54, 1.807) is 0 Å². The van der Waals surface area contributed by atoms with Crippen molar-refractivity contribution < 1.29 is 4.79 Å². The third-order valence-corrected chi connectivity index (χ3v) is 5.03. The zero-order chi connectivity index (χ0) is 15.5. The van der Waals surface area contributed by atoms with Gasteiger partial charge in [-0.05, 0) is 32.3 Å². The van der Waals surface area contributed by atoms with Crippen molar-refractivity contribution in [1.29, 1.82) is 0 Å². The number of anilines is 1. The number of carbonyl (C=O) groups is 1. The number of piperazine rings is 1. The first-order chi connectivity index (χ1) is 10.7. The van der Waals surface area contributed by atoms with E-state index in [1.807, 2.05) is 24.1 Å². The van der Waals surface area contributed by atoms with Gasteiger partial charge in [-0.1, -0.05) is 19.8 Å². The van der Waals surface area contributed by atoms with E-state index in [0.717, 1.165) is 37.7 Å². The number of amides is 1. The number of carbonyl (C=O) groups excluding carboxylic acids is 1. The predicted molar refractivity (Wildman–Crippen MR) is 86.9 cm³/mol. The van der Waals surface area contributed by atoms with Crippen LogP contribution in [0.15, 0.2) is 12.3 Å². The second-order valence-electron chi connectivity index (χ2n) is 6.29. The molecule has 120 valence electrons. The van der Waals surface area contributed by atoms with Crippen LogP contribution in [-0.4, -0.2) is 46.5 Å². The topological polar surface area (TPSA) is 49.3 Å². The van der Waals surface area contributed by atoms with E-state index in [1.165, 1.54) is 25.7 Å². The molecule has 1 aromatic heterocycles. The Kier molecular flexibility index (Phi) is 4.60. The fourth-order valence-electron chi connectivity index (χ4n) is 3.73. The van der Waals surface area contributed by atoms with Crippen molar-refractivity contribution in [2.45, 2.75) is 57.9 Å². The molecule has 0 N–H and O–H groups in total. The van der Waals surface area contributed by atoms with E-state index in [2.05, 4.69) is 16.8 Å². The summed E-state index contributed by atoms with van der Waals surface area (Å²) in [5.41, 5.74) is 0. The molecule has 1 amide bonds. The van der Waals surface area contributed by atoms with Gasteiger partial charge in [0.25, 0.3) is 0 Å². The molecule has 2 heterocycles. The van der Waals surface area contributed by atoms with Crippen LogP contribution in [0, 0.1) is 0 Å². The lowest BCUT2D eigenvalue weighted by atomic mass is 10.1. The highest BCUT2D eigenvalue weighted by atomic mass is 16.2. The van der Waals surface area contributed by atoms with Gasteiger partial charge in [-0.2, -0.15) is 0 Å². The lowest BCUT2D eigenvalue weighted by molar-refractivity contribution is -0.134. The molecule has 3 rings (SSSR count). The summed E-state index contributed by atoms with van der Waals surface area (Å²) >= 11 is 0.